The van der Waals surface area contributed by atoms with E-state index < -0.39 is 0 Å². The van der Waals surface area contributed by atoms with Crippen LogP contribution in [0.2, 0.25) is 5.02 Å². The van der Waals surface area contributed by atoms with Crippen molar-refractivity contribution in [2.45, 2.75) is 13.5 Å². The van der Waals surface area contributed by atoms with Gasteiger partial charge in [-0.3, -0.25) is 0 Å². The van der Waals surface area contributed by atoms with Gasteiger partial charge < -0.3 is 5.32 Å². The Morgan fingerprint density at radius 2 is 1.89 bits per heavy atom. The Labute approximate surface area is 112 Å². The third-order valence-electron chi connectivity index (χ3n) is 2.89. The van der Waals surface area contributed by atoms with Crippen molar-refractivity contribution in [1.29, 1.82) is 0 Å². The van der Waals surface area contributed by atoms with Gasteiger partial charge in [-0.25, -0.2) is 4.39 Å². The van der Waals surface area contributed by atoms with Crippen molar-refractivity contribution in [2.24, 2.45) is 0 Å². The summed E-state index contributed by atoms with van der Waals surface area (Å²) < 4.78 is 13.3. The van der Waals surface area contributed by atoms with E-state index in [2.05, 4.69) is 11.4 Å². The van der Waals surface area contributed by atoms with Crippen molar-refractivity contribution in [3.8, 4) is 11.1 Å². The van der Waals surface area contributed by atoms with Gasteiger partial charge in [0.05, 0.1) is 0 Å². The Hall–Kier alpha value is -1.38. The monoisotopic (exact) mass is 263 g/mol. The number of hydrogen-bond donors (Lipinski definition) is 1. The molecule has 2 rings (SSSR count). The average Bonchev–Trinajstić information content (AvgIpc) is 2.33. The molecule has 0 aliphatic rings. The van der Waals surface area contributed by atoms with Crippen LogP contribution in [0, 0.1) is 12.7 Å². The van der Waals surface area contributed by atoms with E-state index in [1.165, 1.54) is 17.7 Å². The van der Waals surface area contributed by atoms with Crippen LogP contribution < -0.4 is 5.32 Å². The van der Waals surface area contributed by atoms with Crippen molar-refractivity contribution in [3.05, 3.63) is 58.4 Å². The third kappa shape index (κ3) is 2.71. The first-order valence-electron chi connectivity index (χ1n) is 5.81. The first-order valence-corrected chi connectivity index (χ1v) is 6.19. The van der Waals surface area contributed by atoms with E-state index in [4.69, 9.17) is 11.6 Å². The second-order valence-corrected chi connectivity index (χ2v) is 4.71. The Kier molecular flexibility index (Phi) is 4.00. The van der Waals surface area contributed by atoms with Gasteiger partial charge in [-0.05, 0) is 48.9 Å². The summed E-state index contributed by atoms with van der Waals surface area (Å²) in [5, 5.41) is 3.68. The molecule has 0 bridgehead atoms. The molecule has 0 saturated carbocycles. The highest BCUT2D eigenvalue weighted by molar-refractivity contribution is 6.33. The number of halogens is 2. The molecule has 1 nitrogen and oxygen atoms in total. The van der Waals surface area contributed by atoms with Gasteiger partial charge >= 0.3 is 0 Å². The molecule has 0 atom stereocenters. The highest BCUT2D eigenvalue weighted by Gasteiger charge is 2.08. The number of hydrogen-bond acceptors (Lipinski definition) is 1. The Bertz CT molecular complexity index is 566. The van der Waals surface area contributed by atoms with Crippen LogP contribution in [-0.2, 0) is 6.54 Å². The van der Waals surface area contributed by atoms with Gasteiger partial charge in [0.25, 0.3) is 0 Å². The maximum atomic E-state index is 13.3. The summed E-state index contributed by atoms with van der Waals surface area (Å²) in [7, 11) is 1.91. The van der Waals surface area contributed by atoms with Gasteiger partial charge in [-0.2, -0.15) is 0 Å². The standard InChI is InChI=1S/C15H15ClFN/c1-10-7-11(9-18-2)3-5-13(10)14-8-12(17)4-6-15(14)16/h3-8,18H,9H2,1-2H3. The van der Waals surface area contributed by atoms with E-state index in [1.807, 2.05) is 26.1 Å². The lowest BCUT2D eigenvalue weighted by Crippen LogP contribution is -2.05. The molecule has 0 fully saturated rings. The molecule has 0 saturated heterocycles. The van der Waals surface area contributed by atoms with Gasteiger partial charge in [-0.1, -0.05) is 29.8 Å². The van der Waals surface area contributed by atoms with Gasteiger partial charge in [0, 0.05) is 17.1 Å². The molecule has 0 amide bonds. The minimum absolute atomic E-state index is 0.270. The highest BCUT2D eigenvalue weighted by Crippen LogP contribution is 2.31. The van der Waals surface area contributed by atoms with Crippen LogP contribution in [0.1, 0.15) is 11.1 Å². The molecule has 3 heteroatoms. The van der Waals surface area contributed by atoms with E-state index >= 15 is 0 Å². The van der Waals surface area contributed by atoms with Gasteiger partial charge in [0.1, 0.15) is 5.82 Å². The fourth-order valence-electron chi connectivity index (χ4n) is 2.05. The molecule has 2 aromatic carbocycles. The van der Waals surface area contributed by atoms with E-state index in [0.29, 0.717) is 5.02 Å². The van der Waals surface area contributed by atoms with Crippen LogP contribution in [-0.4, -0.2) is 7.05 Å². The molecular weight excluding hydrogens is 249 g/mol. The molecule has 0 spiro atoms. The summed E-state index contributed by atoms with van der Waals surface area (Å²) in [5.74, 6) is -0.270. The fraction of sp³-hybridized carbons (Fsp3) is 0.200. The number of benzene rings is 2. The summed E-state index contributed by atoms with van der Waals surface area (Å²) in [6.45, 7) is 2.83. The molecule has 0 aliphatic carbocycles. The number of nitrogens with one attached hydrogen (secondary N) is 1. The zero-order valence-electron chi connectivity index (χ0n) is 10.4. The molecule has 2 aromatic rings. The fourth-order valence-corrected chi connectivity index (χ4v) is 2.27. The normalized spacial score (nSPS) is 10.7. The smallest absolute Gasteiger partial charge is 0.123 e. The Morgan fingerprint density at radius 3 is 2.56 bits per heavy atom. The minimum atomic E-state index is -0.270. The van der Waals surface area contributed by atoms with Crippen LogP contribution in [0.4, 0.5) is 4.39 Å². The summed E-state index contributed by atoms with van der Waals surface area (Å²) in [4.78, 5) is 0. The zero-order valence-corrected chi connectivity index (χ0v) is 11.2. The quantitative estimate of drug-likeness (QED) is 0.876. The Balaban J connectivity index is 2.47. The van der Waals surface area contributed by atoms with Crippen LogP contribution in [0.5, 0.6) is 0 Å². The lowest BCUT2D eigenvalue weighted by atomic mass is 9.98. The van der Waals surface area contributed by atoms with Gasteiger partial charge in [0.15, 0.2) is 0 Å². The first-order chi connectivity index (χ1) is 8.61. The van der Waals surface area contributed by atoms with E-state index in [0.717, 1.165) is 23.2 Å². The topological polar surface area (TPSA) is 12.0 Å². The van der Waals surface area contributed by atoms with Crippen molar-refractivity contribution >= 4 is 11.6 Å². The second kappa shape index (κ2) is 5.51. The summed E-state index contributed by atoms with van der Waals surface area (Å²) in [6.07, 6.45) is 0. The molecule has 0 unspecified atom stereocenters. The molecule has 18 heavy (non-hydrogen) atoms. The summed E-state index contributed by atoms with van der Waals surface area (Å²) >= 11 is 6.12. The molecule has 1 N–H and O–H groups in total. The average molecular weight is 264 g/mol. The second-order valence-electron chi connectivity index (χ2n) is 4.30. The predicted molar refractivity (Wildman–Crippen MR) is 74.3 cm³/mol. The van der Waals surface area contributed by atoms with Crippen molar-refractivity contribution in [2.75, 3.05) is 7.05 Å². The molecule has 0 aromatic heterocycles. The van der Waals surface area contributed by atoms with Crippen molar-refractivity contribution < 1.29 is 4.39 Å². The third-order valence-corrected chi connectivity index (χ3v) is 3.22. The molecular formula is C15H15ClFN. The lowest BCUT2D eigenvalue weighted by molar-refractivity contribution is 0.628. The largest absolute Gasteiger partial charge is 0.316 e. The van der Waals surface area contributed by atoms with E-state index in [-0.39, 0.29) is 5.82 Å². The maximum absolute atomic E-state index is 13.3. The minimum Gasteiger partial charge on any atom is -0.316 e. The van der Waals surface area contributed by atoms with Gasteiger partial charge in [0.2, 0.25) is 0 Å². The number of aryl methyl sites for hydroxylation is 1. The number of rotatable bonds is 3. The van der Waals surface area contributed by atoms with E-state index in [9.17, 15) is 4.39 Å². The predicted octanol–water partition coefficient (Wildman–Crippen LogP) is 4.17. The lowest BCUT2D eigenvalue weighted by Gasteiger charge is -2.10. The molecule has 94 valence electrons. The first kappa shape index (κ1) is 13.1. The maximum Gasteiger partial charge on any atom is 0.123 e. The highest BCUT2D eigenvalue weighted by atomic mass is 35.5. The zero-order chi connectivity index (χ0) is 13.1. The van der Waals surface area contributed by atoms with Crippen LogP contribution >= 0.6 is 11.6 Å². The Morgan fingerprint density at radius 1 is 1.11 bits per heavy atom. The summed E-state index contributed by atoms with van der Waals surface area (Å²) in [6, 6.07) is 10.5. The van der Waals surface area contributed by atoms with Crippen molar-refractivity contribution in [3.63, 3.8) is 0 Å². The van der Waals surface area contributed by atoms with Crippen molar-refractivity contribution in [1.82, 2.24) is 5.32 Å². The van der Waals surface area contributed by atoms with Crippen LogP contribution in [0.15, 0.2) is 36.4 Å². The SMILES string of the molecule is CNCc1ccc(-c2cc(F)ccc2Cl)c(C)c1. The van der Waals surface area contributed by atoms with Crippen LogP contribution in [0.3, 0.4) is 0 Å². The van der Waals surface area contributed by atoms with Crippen LogP contribution in [0.25, 0.3) is 11.1 Å². The molecule has 0 aliphatic heterocycles. The van der Waals surface area contributed by atoms with Gasteiger partial charge in [-0.15, -0.1) is 0 Å². The van der Waals surface area contributed by atoms with E-state index in [1.54, 1.807) is 6.07 Å². The molecule has 0 heterocycles. The molecule has 0 radical (unpaired) electrons. The summed E-state index contributed by atoms with van der Waals surface area (Å²) in [5.41, 5.74) is 4.01.